The van der Waals surface area contributed by atoms with Crippen LogP contribution in [0.3, 0.4) is 0 Å². The SMILES string of the molecule is CCc1oc2ccc(F)cc2c1C(=O)c1ccc(OC)cc1. The summed E-state index contributed by atoms with van der Waals surface area (Å²) in [5.74, 6) is 0.681. The van der Waals surface area contributed by atoms with Crippen LogP contribution in [0.5, 0.6) is 5.75 Å². The van der Waals surface area contributed by atoms with Gasteiger partial charge in [0, 0.05) is 17.4 Å². The van der Waals surface area contributed by atoms with E-state index in [0.29, 0.717) is 40.0 Å². The summed E-state index contributed by atoms with van der Waals surface area (Å²) in [6.07, 6.45) is 0.563. The molecule has 4 heteroatoms. The van der Waals surface area contributed by atoms with Crippen molar-refractivity contribution in [2.75, 3.05) is 7.11 Å². The van der Waals surface area contributed by atoms with Crippen molar-refractivity contribution in [3.63, 3.8) is 0 Å². The molecule has 2 aromatic carbocycles. The summed E-state index contributed by atoms with van der Waals surface area (Å²) in [6.45, 7) is 1.90. The van der Waals surface area contributed by atoms with Crippen molar-refractivity contribution in [1.82, 2.24) is 0 Å². The number of ketones is 1. The van der Waals surface area contributed by atoms with Crippen LogP contribution < -0.4 is 4.74 Å². The number of rotatable bonds is 4. The van der Waals surface area contributed by atoms with Crippen LogP contribution in [-0.2, 0) is 6.42 Å². The fourth-order valence-electron chi connectivity index (χ4n) is 2.51. The zero-order valence-corrected chi connectivity index (χ0v) is 12.4. The van der Waals surface area contributed by atoms with E-state index in [2.05, 4.69) is 0 Å². The molecule has 0 fully saturated rings. The van der Waals surface area contributed by atoms with Gasteiger partial charge in [0.25, 0.3) is 0 Å². The quantitative estimate of drug-likeness (QED) is 0.671. The second-order valence-electron chi connectivity index (χ2n) is 4.95. The lowest BCUT2D eigenvalue weighted by atomic mass is 9.99. The average Bonchev–Trinajstić information content (AvgIpc) is 2.92. The zero-order valence-electron chi connectivity index (χ0n) is 12.4. The van der Waals surface area contributed by atoms with Crippen LogP contribution in [0.1, 0.15) is 28.6 Å². The largest absolute Gasteiger partial charge is 0.497 e. The highest BCUT2D eigenvalue weighted by atomic mass is 19.1. The molecule has 3 aromatic rings. The molecule has 0 aliphatic heterocycles. The first-order valence-electron chi connectivity index (χ1n) is 7.03. The number of furan rings is 1. The van der Waals surface area contributed by atoms with E-state index in [1.54, 1.807) is 37.4 Å². The molecule has 0 unspecified atom stereocenters. The molecule has 3 nitrogen and oxygen atoms in total. The van der Waals surface area contributed by atoms with Crippen molar-refractivity contribution in [3.05, 3.63) is 65.2 Å². The number of carbonyl (C=O) groups excluding carboxylic acids is 1. The van der Waals surface area contributed by atoms with Gasteiger partial charge in [-0.25, -0.2) is 4.39 Å². The zero-order chi connectivity index (χ0) is 15.7. The Kier molecular flexibility index (Phi) is 3.67. The Balaban J connectivity index is 2.14. The van der Waals surface area contributed by atoms with E-state index in [1.165, 1.54) is 12.1 Å². The van der Waals surface area contributed by atoms with Crippen LogP contribution >= 0.6 is 0 Å². The smallest absolute Gasteiger partial charge is 0.197 e. The predicted octanol–water partition coefficient (Wildman–Crippen LogP) is 4.37. The molecule has 0 aliphatic carbocycles. The lowest BCUT2D eigenvalue weighted by molar-refractivity contribution is 0.103. The Morgan fingerprint density at radius 2 is 1.91 bits per heavy atom. The normalized spacial score (nSPS) is 10.9. The number of fused-ring (bicyclic) bond motifs is 1. The summed E-state index contributed by atoms with van der Waals surface area (Å²) in [5.41, 5.74) is 1.47. The fraction of sp³-hybridized carbons (Fsp3) is 0.167. The highest BCUT2D eigenvalue weighted by Crippen LogP contribution is 2.29. The molecule has 0 N–H and O–H groups in total. The second kappa shape index (κ2) is 5.64. The summed E-state index contributed by atoms with van der Waals surface area (Å²) in [7, 11) is 1.57. The number of hydrogen-bond acceptors (Lipinski definition) is 3. The maximum Gasteiger partial charge on any atom is 0.197 e. The van der Waals surface area contributed by atoms with E-state index >= 15 is 0 Å². The Morgan fingerprint density at radius 3 is 2.55 bits per heavy atom. The summed E-state index contributed by atoms with van der Waals surface area (Å²) in [6, 6.07) is 11.1. The van der Waals surface area contributed by atoms with Gasteiger partial charge in [-0.15, -0.1) is 0 Å². The first-order valence-corrected chi connectivity index (χ1v) is 7.03. The first-order chi connectivity index (χ1) is 10.6. The molecule has 0 saturated carbocycles. The third-order valence-corrected chi connectivity index (χ3v) is 3.62. The van der Waals surface area contributed by atoms with Crippen LogP contribution in [0.25, 0.3) is 11.0 Å². The predicted molar refractivity (Wildman–Crippen MR) is 82.0 cm³/mol. The molecule has 0 amide bonds. The monoisotopic (exact) mass is 298 g/mol. The molecule has 0 atom stereocenters. The molecule has 112 valence electrons. The van der Waals surface area contributed by atoms with Gasteiger partial charge in [0.15, 0.2) is 5.78 Å². The summed E-state index contributed by atoms with van der Waals surface area (Å²) in [4.78, 5) is 12.8. The van der Waals surface area contributed by atoms with Crippen LogP contribution in [0.2, 0.25) is 0 Å². The van der Waals surface area contributed by atoms with Gasteiger partial charge in [-0.2, -0.15) is 0 Å². The molecular weight excluding hydrogens is 283 g/mol. The van der Waals surface area contributed by atoms with E-state index in [9.17, 15) is 9.18 Å². The van der Waals surface area contributed by atoms with Gasteiger partial charge < -0.3 is 9.15 Å². The van der Waals surface area contributed by atoms with Gasteiger partial charge in [-0.05, 0) is 42.5 Å². The molecule has 3 rings (SSSR count). The van der Waals surface area contributed by atoms with Gasteiger partial charge in [0.05, 0.1) is 12.7 Å². The Bertz CT molecular complexity index is 831. The highest BCUT2D eigenvalue weighted by Gasteiger charge is 2.21. The highest BCUT2D eigenvalue weighted by molar-refractivity contribution is 6.16. The van der Waals surface area contributed by atoms with Crippen molar-refractivity contribution < 1.29 is 18.3 Å². The van der Waals surface area contributed by atoms with Gasteiger partial charge in [0.1, 0.15) is 22.9 Å². The molecule has 1 aromatic heterocycles. The lowest BCUT2D eigenvalue weighted by Crippen LogP contribution is -2.03. The number of ether oxygens (including phenoxy) is 1. The number of benzene rings is 2. The Hall–Kier alpha value is -2.62. The molecule has 0 bridgehead atoms. The van der Waals surface area contributed by atoms with E-state index in [1.807, 2.05) is 6.92 Å². The van der Waals surface area contributed by atoms with E-state index in [4.69, 9.17) is 9.15 Å². The molecule has 0 aliphatic rings. The van der Waals surface area contributed by atoms with Crippen LogP contribution in [0, 0.1) is 5.82 Å². The maximum atomic E-state index is 13.5. The molecule has 0 spiro atoms. The number of halogens is 1. The fourth-order valence-corrected chi connectivity index (χ4v) is 2.51. The Morgan fingerprint density at radius 1 is 1.18 bits per heavy atom. The minimum absolute atomic E-state index is 0.177. The van der Waals surface area contributed by atoms with Crippen molar-refractivity contribution in [3.8, 4) is 5.75 Å². The van der Waals surface area contributed by atoms with Gasteiger partial charge >= 0.3 is 0 Å². The third-order valence-electron chi connectivity index (χ3n) is 3.62. The number of hydrogen-bond donors (Lipinski definition) is 0. The minimum atomic E-state index is -0.389. The van der Waals surface area contributed by atoms with Crippen LogP contribution in [0.4, 0.5) is 4.39 Å². The maximum absolute atomic E-state index is 13.5. The molecule has 0 saturated heterocycles. The van der Waals surface area contributed by atoms with E-state index in [-0.39, 0.29) is 11.6 Å². The minimum Gasteiger partial charge on any atom is -0.497 e. The average molecular weight is 298 g/mol. The number of methoxy groups -OCH3 is 1. The summed E-state index contributed by atoms with van der Waals surface area (Å²) in [5, 5.41) is 0.512. The number of aryl methyl sites for hydroxylation is 1. The topological polar surface area (TPSA) is 39.4 Å². The second-order valence-corrected chi connectivity index (χ2v) is 4.95. The van der Waals surface area contributed by atoms with Gasteiger partial charge in [-0.1, -0.05) is 6.92 Å². The van der Waals surface area contributed by atoms with Crippen molar-refractivity contribution in [2.24, 2.45) is 0 Å². The summed E-state index contributed by atoms with van der Waals surface area (Å²) < 4.78 is 24.3. The lowest BCUT2D eigenvalue weighted by Gasteiger charge is -2.03. The van der Waals surface area contributed by atoms with Crippen LogP contribution in [-0.4, -0.2) is 12.9 Å². The van der Waals surface area contributed by atoms with E-state index < -0.39 is 0 Å². The third kappa shape index (κ3) is 2.37. The first kappa shape index (κ1) is 14.3. The number of carbonyl (C=O) groups is 1. The standard InChI is InChI=1S/C18H15FO3/c1-3-15-17(14-10-12(19)6-9-16(14)22-15)18(20)11-4-7-13(21-2)8-5-11/h4-10H,3H2,1-2H3. The van der Waals surface area contributed by atoms with Gasteiger partial charge in [0.2, 0.25) is 0 Å². The van der Waals surface area contributed by atoms with Gasteiger partial charge in [-0.3, -0.25) is 4.79 Å². The van der Waals surface area contributed by atoms with Crippen molar-refractivity contribution >= 4 is 16.8 Å². The van der Waals surface area contributed by atoms with Crippen molar-refractivity contribution in [1.29, 1.82) is 0 Å². The van der Waals surface area contributed by atoms with Crippen LogP contribution in [0.15, 0.2) is 46.9 Å². The van der Waals surface area contributed by atoms with E-state index in [0.717, 1.165) is 0 Å². The molecular formula is C18H15FO3. The van der Waals surface area contributed by atoms with Crippen molar-refractivity contribution in [2.45, 2.75) is 13.3 Å². The summed E-state index contributed by atoms with van der Waals surface area (Å²) >= 11 is 0. The molecule has 1 heterocycles. The molecule has 0 radical (unpaired) electrons. The molecule has 22 heavy (non-hydrogen) atoms. The Labute approximate surface area is 127 Å².